The summed E-state index contributed by atoms with van der Waals surface area (Å²) in [6, 6.07) is 8.91. The van der Waals surface area contributed by atoms with Gasteiger partial charge in [-0.1, -0.05) is 43.2 Å². The highest BCUT2D eigenvalue weighted by atomic mass is 32.2. The van der Waals surface area contributed by atoms with Crippen molar-refractivity contribution in [2.45, 2.75) is 56.4 Å². The van der Waals surface area contributed by atoms with Gasteiger partial charge >= 0.3 is 0 Å². The predicted octanol–water partition coefficient (Wildman–Crippen LogP) is 2.14. The molecular formula is C15H23NO3S. The van der Waals surface area contributed by atoms with Crippen LogP contribution in [0.4, 0.5) is 0 Å². The third-order valence-corrected chi connectivity index (χ3v) is 5.93. The van der Waals surface area contributed by atoms with Gasteiger partial charge in [0.15, 0.2) is 0 Å². The summed E-state index contributed by atoms with van der Waals surface area (Å²) in [5.74, 6) is 0. The van der Waals surface area contributed by atoms with Crippen molar-refractivity contribution in [2.24, 2.45) is 0 Å². The molecule has 0 amide bonds. The highest BCUT2D eigenvalue weighted by Gasteiger charge is 2.42. The average molecular weight is 297 g/mol. The van der Waals surface area contributed by atoms with Gasteiger partial charge in [0.2, 0.25) is 10.0 Å². The van der Waals surface area contributed by atoms with Crippen LogP contribution in [0.5, 0.6) is 0 Å². The molecule has 1 aromatic rings. The molecular weight excluding hydrogens is 274 g/mol. The zero-order valence-corrected chi connectivity index (χ0v) is 12.9. The van der Waals surface area contributed by atoms with Gasteiger partial charge in [-0.3, -0.25) is 0 Å². The maximum absolute atomic E-state index is 12.1. The maximum Gasteiger partial charge on any atom is 0.214 e. The normalized spacial score (nSPS) is 27.7. The lowest BCUT2D eigenvalue weighted by molar-refractivity contribution is -0.0249. The summed E-state index contributed by atoms with van der Waals surface area (Å²) in [7, 11) is -3.39. The molecule has 4 nitrogen and oxygen atoms in total. The molecule has 1 aliphatic rings. The fourth-order valence-corrected chi connectivity index (χ4v) is 3.70. The van der Waals surface area contributed by atoms with Crippen LogP contribution in [-0.2, 0) is 15.6 Å². The van der Waals surface area contributed by atoms with Crippen LogP contribution in [0.1, 0.15) is 45.1 Å². The fourth-order valence-electron chi connectivity index (χ4n) is 2.72. The van der Waals surface area contributed by atoms with Crippen molar-refractivity contribution >= 4 is 10.0 Å². The minimum Gasteiger partial charge on any atom is -0.383 e. The Labute approximate surface area is 121 Å². The van der Waals surface area contributed by atoms with Crippen LogP contribution in [0.15, 0.2) is 30.3 Å². The first-order valence-corrected chi connectivity index (χ1v) is 8.70. The monoisotopic (exact) mass is 297 g/mol. The molecule has 1 aliphatic carbocycles. The Bertz CT molecular complexity index is 541. The number of aliphatic hydroxyl groups is 1. The third-order valence-electron chi connectivity index (χ3n) is 4.08. The van der Waals surface area contributed by atoms with E-state index in [0.29, 0.717) is 12.8 Å². The van der Waals surface area contributed by atoms with E-state index in [1.807, 2.05) is 30.3 Å². The Morgan fingerprint density at radius 3 is 2.50 bits per heavy atom. The molecule has 2 N–H and O–H groups in total. The highest BCUT2D eigenvalue weighted by molar-refractivity contribution is 7.90. The van der Waals surface area contributed by atoms with Crippen molar-refractivity contribution in [3.8, 4) is 0 Å². The Morgan fingerprint density at radius 1 is 1.25 bits per heavy atom. The summed E-state index contributed by atoms with van der Waals surface area (Å²) in [5, 5.41) is 10.5. The molecule has 1 aromatic carbocycles. The van der Waals surface area contributed by atoms with Crippen molar-refractivity contribution < 1.29 is 13.5 Å². The zero-order valence-electron chi connectivity index (χ0n) is 12.0. The van der Waals surface area contributed by atoms with E-state index in [4.69, 9.17) is 0 Å². The molecule has 0 spiro atoms. The molecule has 0 bridgehead atoms. The van der Waals surface area contributed by atoms with Crippen molar-refractivity contribution in [1.29, 1.82) is 0 Å². The Morgan fingerprint density at radius 2 is 1.90 bits per heavy atom. The zero-order chi connectivity index (χ0) is 14.8. The maximum atomic E-state index is 12.1. The van der Waals surface area contributed by atoms with Crippen LogP contribution in [0, 0.1) is 0 Å². The standard InChI is InChI=1S/C15H23NO3S/c1-12(2)20(18,19)16-14-10-6-7-11-15(14,17)13-8-4-3-5-9-13/h3-5,8-9,12,14,16-17H,6-7,10-11H2,1-2H3/t14-,15-/m1/s1. The molecule has 20 heavy (non-hydrogen) atoms. The summed E-state index contributed by atoms with van der Waals surface area (Å²) in [6.45, 7) is 3.29. The van der Waals surface area contributed by atoms with Gasteiger partial charge in [0.05, 0.1) is 11.3 Å². The quantitative estimate of drug-likeness (QED) is 0.895. The number of nitrogens with one attached hydrogen (secondary N) is 1. The second-order valence-corrected chi connectivity index (χ2v) is 8.07. The van der Waals surface area contributed by atoms with Crippen LogP contribution < -0.4 is 4.72 Å². The van der Waals surface area contributed by atoms with E-state index in [-0.39, 0.29) is 0 Å². The SMILES string of the molecule is CC(C)S(=O)(=O)N[C@@H]1CCCC[C@@]1(O)c1ccccc1. The molecule has 0 aromatic heterocycles. The minimum absolute atomic E-state index is 0.453. The van der Waals surface area contributed by atoms with E-state index in [1.54, 1.807) is 13.8 Å². The third kappa shape index (κ3) is 3.05. The topological polar surface area (TPSA) is 66.4 Å². The lowest BCUT2D eigenvalue weighted by Gasteiger charge is -2.40. The lowest BCUT2D eigenvalue weighted by Crippen LogP contribution is -2.53. The molecule has 2 atom stereocenters. The summed E-state index contributed by atoms with van der Waals surface area (Å²) in [6.07, 6.45) is 3.09. The van der Waals surface area contributed by atoms with E-state index >= 15 is 0 Å². The first kappa shape index (κ1) is 15.5. The second kappa shape index (κ2) is 5.84. The molecule has 0 aliphatic heterocycles. The van der Waals surface area contributed by atoms with Crippen molar-refractivity contribution in [1.82, 2.24) is 4.72 Å². The smallest absolute Gasteiger partial charge is 0.214 e. The lowest BCUT2D eigenvalue weighted by atomic mass is 9.76. The number of sulfonamides is 1. The van der Waals surface area contributed by atoms with Crippen LogP contribution in [-0.4, -0.2) is 24.8 Å². The first-order valence-electron chi connectivity index (χ1n) is 7.15. The number of rotatable bonds is 4. The highest BCUT2D eigenvalue weighted by Crippen LogP contribution is 2.37. The van der Waals surface area contributed by atoms with E-state index in [2.05, 4.69) is 4.72 Å². The molecule has 2 rings (SSSR count). The Hall–Kier alpha value is -0.910. The van der Waals surface area contributed by atoms with Crippen LogP contribution in [0.25, 0.3) is 0 Å². The molecule has 0 heterocycles. The summed E-state index contributed by atoms with van der Waals surface area (Å²) in [5.41, 5.74) is -0.322. The van der Waals surface area contributed by atoms with Crippen molar-refractivity contribution in [3.05, 3.63) is 35.9 Å². The second-order valence-electron chi connectivity index (χ2n) is 5.80. The minimum atomic E-state index is -3.39. The molecule has 112 valence electrons. The largest absolute Gasteiger partial charge is 0.383 e. The Balaban J connectivity index is 2.30. The Kier molecular flexibility index (Phi) is 4.52. The van der Waals surface area contributed by atoms with Gasteiger partial charge < -0.3 is 5.11 Å². The van der Waals surface area contributed by atoms with Crippen molar-refractivity contribution in [2.75, 3.05) is 0 Å². The van der Waals surface area contributed by atoms with E-state index in [9.17, 15) is 13.5 Å². The van der Waals surface area contributed by atoms with Gasteiger partial charge in [0, 0.05) is 0 Å². The van der Waals surface area contributed by atoms with E-state index < -0.39 is 26.9 Å². The number of hydrogen-bond acceptors (Lipinski definition) is 3. The van der Waals surface area contributed by atoms with Gasteiger partial charge in [-0.05, 0) is 32.3 Å². The average Bonchev–Trinajstić information content (AvgIpc) is 2.42. The molecule has 0 radical (unpaired) electrons. The van der Waals surface area contributed by atoms with Crippen LogP contribution in [0.2, 0.25) is 0 Å². The number of benzene rings is 1. The molecule has 5 heteroatoms. The van der Waals surface area contributed by atoms with Crippen molar-refractivity contribution in [3.63, 3.8) is 0 Å². The summed E-state index contributed by atoms with van der Waals surface area (Å²) >= 11 is 0. The van der Waals surface area contributed by atoms with E-state index in [1.165, 1.54) is 0 Å². The van der Waals surface area contributed by atoms with Gasteiger partial charge in [-0.2, -0.15) is 0 Å². The van der Waals surface area contributed by atoms with Gasteiger partial charge in [-0.25, -0.2) is 13.1 Å². The molecule has 0 saturated heterocycles. The van der Waals surface area contributed by atoms with Crippen LogP contribution in [0.3, 0.4) is 0 Å². The fraction of sp³-hybridized carbons (Fsp3) is 0.600. The van der Waals surface area contributed by atoms with E-state index in [0.717, 1.165) is 18.4 Å². The molecule has 0 unspecified atom stereocenters. The molecule has 1 fully saturated rings. The summed E-state index contributed by atoms with van der Waals surface area (Å²) < 4.78 is 26.9. The molecule has 1 saturated carbocycles. The predicted molar refractivity (Wildman–Crippen MR) is 79.8 cm³/mol. The van der Waals surface area contributed by atoms with Crippen LogP contribution >= 0.6 is 0 Å². The van der Waals surface area contributed by atoms with Gasteiger partial charge in [-0.15, -0.1) is 0 Å². The summed E-state index contributed by atoms with van der Waals surface area (Å²) in [4.78, 5) is 0. The first-order chi connectivity index (χ1) is 9.36. The van der Waals surface area contributed by atoms with Gasteiger partial charge in [0.25, 0.3) is 0 Å². The number of hydrogen-bond donors (Lipinski definition) is 2. The van der Waals surface area contributed by atoms with Gasteiger partial charge in [0.1, 0.15) is 5.60 Å².